The van der Waals surface area contributed by atoms with Crippen molar-refractivity contribution in [1.29, 1.82) is 0 Å². The molecule has 134 valence electrons. The Bertz CT molecular complexity index is 692. The number of carbonyl (C=O) groups is 2. The molecule has 6 heteroatoms. The molecule has 25 heavy (non-hydrogen) atoms. The zero-order valence-corrected chi connectivity index (χ0v) is 14.6. The van der Waals surface area contributed by atoms with Crippen LogP contribution in [0.25, 0.3) is 0 Å². The molecule has 2 aliphatic rings. The van der Waals surface area contributed by atoms with Crippen LogP contribution in [0.2, 0.25) is 0 Å². The van der Waals surface area contributed by atoms with E-state index in [0.717, 1.165) is 31.2 Å². The third kappa shape index (κ3) is 3.95. The lowest BCUT2D eigenvalue weighted by molar-refractivity contribution is -0.144. The van der Waals surface area contributed by atoms with E-state index in [0.29, 0.717) is 23.6 Å². The number of hydrogen-bond donors (Lipinski definition) is 2. The van der Waals surface area contributed by atoms with Crippen LogP contribution < -0.4 is 15.4 Å². The van der Waals surface area contributed by atoms with Crippen LogP contribution >= 0.6 is 0 Å². The highest BCUT2D eigenvalue weighted by Gasteiger charge is 2.34. The molecule has 1 aromatic rings. The average Bonchev–Trinajstić information content (AvgIpc) is 3.07. The summed E-state index contributed by atoms with van der Waals surface area (Å²) in [7, 11) is 0. The largest absolute Gasteiger partial charge is 0.494 e. The SMILES string of the molecule is CCOc1cccc([C@@H]2NC(=O)NC(C)=C2C(=O)OC2CCCC2)c1. The Labute approximate surface area is 147 Å². The van der Waals surface area contributed by atoms with Crippen LogP contribution in [0, 0.1) is 0 Å². The van der Waals surface area contributed by atoms with Crippen molar-refractivity contribution in [2.45, 2.75) is 51.7 Å². The number of allylic oxidation sites excluding steroid dienone is 1. The first kappa shape index (κ1) is 17.3. The third-order valence-corrected chi connectivity index (χ3v) is 4.57. The summed E-state index contributed by atoms with van der Waals surface area (Å²) in [4.78, 5) is 24.7. The van der Waals surface area contributed by atoms with Gasteiger partial charge in [-0.2, -0.15) is 0 Å². The Balaban J connectivity index is 1.89. The molecule has 3 rings (SSSR count). The lowest BCUT2D eigenvalue weighted by atomic mass is 9.95. The molecule has 0 spiro atoms. The van der Waals surface area contributed by atoms with Gasteiger partial charge in [-0.25, -0.2) is 9.59 Å². The van der Waals surface area contributed by atoms with E-state index in [9.17, 15) is 9.59 Å². The first-order chi connectivity index (χ1) is 12.1. The molecule has 6 nitrogen and oxygen atoms in total. The van der Waals surface area contributed by atoms with E-state index in [4.69, 9.17) is 9.47 Å². The summed E-state index contributed by atoms with van der Waals surface area (Å²) in [6.07, 6.45) is 3.96. The van der Waals surface area contributed by atoms with Gasteiger partial charge >= 0.3 is 12.0 Å². The summed E-state index contributed by atoms with van der Waals surface area (Å²) >= 11 is 0. The van der Waals surface area contributed by atoms with Gasteiger partial charge in [-0.1, -0.05) is 12.1 Å². The number of nitrogens with one attached hydrogen (secondary N) is 2. The van der Waals surface area contributed by atoms with Crippen molar-refractivity contribution in [1.82, 2.24) is 10.6 Å². The molecule has 0 saturated heterocycles. The predicted molar refractivity (Wildman–Crippen MR) is 93.1 cm³/mol. The molecule has 2 N–H and O–H groups in total. The quantitative estimate of drug-likeness (QED) is 0.804. The van der Waals surface area contributed by atoms with Crippen molar-refractivity contribution < 1.29 is 19.1 Å². The van der Waals surface area contributed by atoms with Crippen LogP contribution in [0.5, 0.6) is 5.75 Å². The van der Waals surface area contributed by atoms with Gasteiger partial charge in [0.15, 0.2) is 0 Å². The molecule has 1 atom stereocenters. The van der Waals surface area contributed by atoms with Gasteiger partial charge in [0, 0.05) is 5.70 Å². The highest BCUT2D eigenvalue weighted by atomic mass is 16.5. The number of rotatable bonds is 5. The first-order valence-corrected chi connectivity index (χ1v) is 8.80. The molecular formula is C19H24N2O4. The Morgan fingerprint density at radius 2 is 2.04 bits per heavy atom. The molecular weight excluding hydrogens is 320 g/mol. The fourth-order valence-electron chi connectivity index (χ4n) is 3.39. The van der Waals surface area contributed by atoms with Gasteiger partial charge in [-0.3, -0.25) is 0 Å². The Kier molecular flexibility index (Phi) is 5.26. The van der Waals surface area contributed by atoms with Gasteiger partial charge in [0.05, 0.1) is 18.2 Å². The van der Waals surface area contributed by atoms with E-state index in [-0.39, 0.29) is 18.1 Å². The molecule has 1 aliphatic heterocycles. The van der Waals surface area contributed by atoms with Crippen molar-refractivity contribution in [2.75, 3.05) is 6.61 Å². The lowest BCUT2D eigenvalue weighted by Gasteiger charge is -2.29. The van der Waals surface area contributed by atoms with E-state index >= 15 is 0 Å². The van der Waals surface area contributed by atoms with Crippen LogP contribution in [-0.2, 0) is 9.53 Å². The second kappa shape index (κ2) is 7.59. The normalized spacial score (nSPS) is 20.9. The van der Waals surface area contributed by atoms with Crippen LogP contribution in [0.1, 0.15) is 51.1 Å². The van der Waals surface area contributed by atoms with Crippen LogP contribution in [0.4, 0.5) is 4.79 Å². The lowest BCUT2D eigenvalue weighted by Crippen LogP contribution is -2.45. The average molecular weight is 344 g/mol. The maximum atomic E-state index is 12.8. The van der Waals surface area contributed by atoms with Crippen molar-refractivity contribution in [3.8, 4) is 5.75 Å². The van der Waals surface area contributed by atoms with Crippen molar-refractivity contribution in [3.63, 3.8) is 0 Å². The summed E-state index contributed by atoms with van der Waals surface area (Å²) in [5, 5.41) is 5.50. The smallest absolute Gasteiger partial charge is 0.338 e. The zero-order chi connectivity index (χ0) is 17.8. The minimum atomic E-state index is -0.553. The standard InChI is InChI=1S/C19H24N2O4/c1-3-24-15-10-6-7-13(11-15)17-16(12(2)20-19(23)21-17)18(22)25-14-8-4-5-9-14/h6-7,10-11,14,17H,3-5,8-9H2,1-2H3,(H2,20,21,23)/t17-/m0/s1. The first-order valence-electron chi connectivity index (χ1n) is 8.80. The van der Waals surface area contributed by atoms with Gasteiger partial charge in [0.2, 0.25) is 0 Å². The van der Waals surface area contributed by atoms with E-state index < -0.39 is 6.04 Å². The molecule has 1 fully saturated rings. The summed E-state index contributed by atoms with van der Waals surface area (Å²) in [5.74, 6) is 0.331. The van der Waals surface area contributed by atoms with Crippen molar-refractivity contribution in [2.24, 2.45) is 0 Å². The summed E-state index contributed by atoms with van der Waals surface area (Å²) in [6.45, 7) is 4.18. The molecule has 0 unspecified atom stereocenters. The number of carbonyl (C=O) groups excluding carboxylic acids is 2. The minimum absolute atomic E-state index is 0.0270. The highest BCUT2D eigenvalue weighted by Crippen LogP contribution is 2.31. The molecule has 0 bridgehead atoms. The maximum Gasteiger partial charge on any atom is 0.338 e. The van der Waals surface area contributed by atoms with E-state index in [1.807, 2.05) is 31.2 Å². The molecule has 1 aromatic carbocycles. The minimum Gasteiger partial charge on any atom is -0.494 e. The second-order valence-electron chi connectivity index (χ2n) is 6.39. The molecule has 2 amide bonds. The van der Waals surface area contributed by atoms with E-state index in [1.165, 1.54) is 0 Å². The predicted octanol–water partition coefficient (Wildman–Crippen LogP) is 3.20. The Morgan fingerprint density at radius 3 is 2.76 bits per heavy atom. The number of amides is 2. The number of esters is 1. The van der Waals surface area contributed by atoms with Gasteiger partial charge in [0.25, 0.3) is 0 Å². The summed E-state index contributed by atoms with van der Waals surface area (Å²) in [5.41, 5.74) is 1.76. The van der Waals surface area contributed by atoms with Crippen LogP contribution in [0.3, 0.4) is 0 Å². The zero-order valence-electron chi connectivity index (χ0n) is 14.6. The maximum absolute atomic E-state index is 12.8. The third-order valence-electron chi connectivity index (χ3n) is 4.57. The van der Waals surface area contributed by atoms with Gasteiger partial charge in [0.1, 0.15) is 11.9 Å². The molecule has 0 radical (unpaired) electrons. The van der Waals surface area contributed by atoms with Crippen LogP contribution in [-0.4, -0.2) is 24.7 Å². The Hall–Kier alpha value is -2.50. The van der Waals surface area contributed by atoms with Crippen molar-refractivity contribution in [3.05, 3.63) is 41.1 Å². The Morgan fingerprint density at radius 1 is 1.28 bits per heavy atom. The fraction of sp³-hybridized carbons (Fsp3) is 0.474. The molecule has 0 aromatic heterocycles. The van der Waals surface area contributed by atoms with E-state index in [1.54, 1.807) is 6.92 Å². The summed E-state index contributed by atoms with van der Waals surface area (Å²) < 4.78 is 11.2. The van der Waals surface area contributed by atoms with E-state index in [2.05, 4.69) is 10.6 Å². The number of ether oxygens (including phenoxy) is 2. The molecule has 1 aliphatic carbocycles. The number of benzene rings is 1. The topological polar surface area (TPSA) is 76.7 Å². The van der Waals surface area contributed by atoms with Gasteiger partial charge in [-0.05, 0) is 57.2 Å². The molecule has 1 heterocycles. The molecule has 1 saturated carbocycles. The number of hydrogen-bond acceptors (Lipinski definition) is 4. The van der Waals surface area contributed by atoms with Gasteiger partial charge in [-0.15, -0.1) is 0 Å². The van der Waals surface area contributed by atoms with Crippen molar-refractivity contribution >= 4 is 12.0 Å². The fourth-order valence-corrected chi connectivity index (χ4v) is 3.39. The summed E-state index contributed by atoms with van der Waals surface area (Å²) in [6, 6.07) is 6.53. The second-order valence-corrected chi connectivity index (χ2v) is 6.39. The number of urea groups is 1. The highest BCUT2D eigenvalue weighted by molar-refractivity contribution is 5.95. The van der Waals surface area contributed by atoms with Crippen LogP contribution in [0.15, 0.2) is 35.5 Å². The van der Waals surface area contributed by atoms with Gasteiger partial charge < -0.3 is 20.1 Å². The monoisotopic (exact) mass is 344 g/mol.